The Morgan fingerprint density at radius 2 is 2.27 bits per heavy atom. The molecule has 7 heteroatoms. The molecule has 0 amide bonds. The number of hydrogen-bond donors (Lipinski definition) is 1. The molecule has 0 aliphatic rings. The van der Waals surface area contributed by atoms with Gasteiger partial charge in [-0.15, -0.1) is 0 Å². The van der Waals surface area contributed by atoms with Crippen LogP contribution in [0.15, 0.2) is 10.7 Å². The van der Waals surface area contributed by atoms with Crippen molar-refractivity contribution in [3.05, 3.63) is 25.5 Å². The Bertz CT molecular complexity index is 400. The van der Waals surface area contributed by atoms with E-state index in [4.69, 9.17) is 5.11 Å². The number of carboxylic acid groups (broad SMARTS) is 1. The Morgan fingerprint density at radius 1 is 1.67 bits per heavy atom. The van der Waals surface area contributed by atoms with Crippen molar-refractivity contribution in [1.29, 1.82) is 0 Å². The lowest BCUT2D eigenvalue weighted by Crippen LogP contribution is -2.08. The lowest BCUT2D eigenvalue weighted by atomic mass is 10.1. The fourth-order valence-corrected chi connectivity index (χ4v) is 1.96. The summed E-state index contributed by atoms with van der Waals surface area (Å²) in [5.41, 5.74) is -0.450. The third-order valence-corrected chi connectivity index (χ3v) is 4.04. The summed E-state index contributed by atoms with van der Waals surface area (Å²) in [5.74, 6) is -1.18. The topological polar surface area (TPSA) is 50.2 Å². The molecule has 0 aliphatic carbocycles. The van der Waals surface area contributed by atoms with Crippen molar-refractivity contribution in [2.45, 2.75) is 12.8 Å². The van der Waals surface area contributed by atoms with Crippen LogP contribution in [0.1, 0.15) is 17.7 Å². The quantitative estimate of drug-likeness (QED) is 0.806. The Balaban J connectivity index is 3.26. The van der Waals surface area contributed by atoms with Gasteiger partial charge in [-0.3, -0.25) is 9.78 Å². The van der Waals surface area contributed by atoms with Crippen LogP contribution in [0.3, 0.4) is 0 Å². The van der Waals surface area contributed by atoms with E-state index in [0.717, 1.165) is 0 Å². The van der Waals surface area contributed by atoms with Crippen LogP contribution in [0.4, 0.5) is 8.78 Å². The smallest absolute Gasteiger partial charge is 0.309 e. The average molecular weight is 392 g/mol. The molecule has 1 rings (SSSR count). The van der Waals surface area contributed by atoms with Gasteiger partial charge in [-0.2, -0.15) is 0 Å². The zero-order chi connectivity index (χ0) is 11.6. The maximum atomic E-state index is 12.7. The molecule has 82 valence electrons. The van der Waals surface area contributed by atoms with E-state index in [1.54, 1.807) is 0 Å². The van der Waals surface area contributed by atoms with E-state index in [0.29, 0.717) is 3.57 Å². The first kappa shape index (κ1) is 12.8. The summed E-state index contributed by atoms with van der Waals surface area (Å²) in [4.78, 5) is 14.1. The molecule has 1 aromatic heterocycles. The molecule has 0 atom stereocenters. The van der Waals surface area contributed by atoms with Crippen LogP contribution < -0.4 is 0 Å². The highest BCUT2D eigenvalue weighted by molar-refractivity contribution is 14.1. The first-order chi connectivity index (χ1) is 6.93. The second-order valence-electron chi connectivity index (χ2n) is 2.65. The van der Waals surface area contributed by atoms with E-state index in [9.17, 15) is 13.6 Å². The molecule has 1 N–H and O–H groups in total. The maximum Gasteiger partial charge on any atom is 0.309 e. The molecule has 0 saturated heterocycles. The van der Waals surface area contributed by atoms with Gasteiger partial charge in [0.2, 0.25) is 0 Å². The van der Waals surface area contributed by atoms with Gasteiger partial charge in [-0.1, -0.05) is 0 Å². The SMILES string of the molecule is O=C(O)Cc1ncc(I)c(Br)c1C(F)F. The van der Waals surface area contributed by atoms with Crippen molar-refractivity contribution < 1.29 is 18.7 Å². The standard InChI is InChI=1S/C8H5BrF2INO2/c9-7-3(12)2-13-4(1-5(14)15)6(7)8(10)11/h2,8H,1H2,(H,14,15). The largest absolute Gasteiger partial charge is 0.481 e. The summed E-state index contributed by atoms with van der Waals surface area (Å²) in [6.07, 6.45) is -1.89. The molecule has 0 radical (unpaired) electrons. The molecular formula is C8H5BrF2INO2. The number of aromatic nitrogens is 1. The molecule has 3 nitrogen and oxygen atoms in total. The van der Waals surface area contributed by atoms with Gasteiger partial charge in [0.25, 0.3) is 6.43 Å². The lowest BCUT2D eigenvalue weighted by molar-refractivity contribution is -0.136. The highest BCUT2D eigenvalue weighted by Gasteiger charge is 2.21. The maximum absolute atomic E-state index is 12.7. The molecule has 1 heterocycles. The molecule has 0 fully saturated rings. The van der Waals surface area contributed by atoms with Crippen LogP contribution in [-0.4, -0.2) is 16.1 Å². The van der Waals surface area contributed by atoms with Crippen molar-refractivity contribution in [3.63, 3.8) is 0 Å². The Labute approximate surface area is 106 Å². The van der Waals surface area contributed by atoms with E-state index in [1.807, 2.05) is 22.6 Å². The van der Waals surface area contributed by atoms with Gasteiger partial charge in [0, 0.05) is 14.2 Å². The van der Waals surface area contributed by atoms with Crippen LogP contribution in [0, 0.1) is 3.57 Å². The van der Waals surface area contributed by atoms with Crippen LogP contribution in [0.5, 0.6) is 0 Å². The number of hydrogen-bond acceptors (Lipinski definition) is 2. The Kier molecular flexibility index (Phi) is 4.38. The van der Waals surface area contributed by atoms with Gasteiger partial charge >= 0.3 is 5.97 Å². The minimum Gasteiger partial charge on any atom is -0.481 e. The predicted molar refractivity (Wildman–Crippen MR) is 61.0 cm³/mol. The fraction of sp³-hybridized carbons (Fsp3) is 0.250. The van der Waals surface area contributed by atoms with Gasteiger partial charge in [0.1, 0.15) is 0 Å². The zero-order valence-electron chi connectivity index (χ0n) is 7.18. The second-order valence-corrected chi connectivity index (χ2v) is 4.61. The minimum absolute atomic E-state index is 0.107. The van der Waals surface area contributed by atoms with E-state index in [-0.39, 0.29) is 15.7 Å². The zero-order valence-corrected chi connectivity index (χ0v) is 10.9. The summed E-state index contributed by atoms with van der Waals surface area (Å²) < 4.78 is 26.0. The Hall–Kier alpha value is -0.310. The van der Waals surface area contributed by atoms with E-state index < -0.39 is 18.8 Å². The van der Waals surface area contributed by atoms with Crippen molar-refractivity contribution in [2.75, 3.05) is 0 Å². The molecule has 0 bridgehead atoms. The Morgan fingerprint density at radius 3 is 2.73 bits per heavy atom. The molecular weight excluding hydrogens is 387 g/mol. The number of halogens is 4. The van der Waals surface area contributed by atoms with Gasteiger partial charge < -0.3 is 5.11 Å². The lowest BCUT2D eigenvalue weighted by Gasteiger charge is -2.09. The molecule has 1 aromatic rings. The van der Waals surface area contributed by atoms with Crippen molar-refractivity contribution in [3.8, 4) is 0 Å². The highest BCUT2D eigenvalue weighted by atomic mass is 127. The van der Waals surface area contributed by atoms with E-state index in [1.165, 1.54) is 6.20 Å². The fourth-order valence-electron chi connectivity index (χ4n) is 1.02. The summed E-state index contributed by atoms with van der Waals surface area (Å²) in [6, 6.07) is 0. The number of rotatable bonds is 3. The molecule has 0 aromatic carbocycles. The molecule has 0 spiro atoms. The molecule has 0 saturated carbocycles. The van der Waals surface area contributed by atoms with E-state index in [2.05, 4.69) is 20.9 Å². The van der Waals surface area contributed by atoms with E-state index >= 15 is 0 Å². The van der Waals surface area contributed by atoms with Gasteiger partial charge in [-0.25, -0.2) is 8.78 Å². The summed E-state index contributed by atoms with van der Waals surface area (Å²) in [7, 11) is 0. The van der Waals surface area contributed by atoms with Gasteiger partial charge in [0.15, 0.2) is 0 Å². The van der Waals surface area contributed by atoms with Crippen LogP contribution in [0.2, 0.25) is 0 Å². The first-order valence-electron chi connectivity index (χ1n) is 3.76. The highest BCUT2D eigenvalue weighted by Crippen LogP contribution is 2.32. The van der Waals surface area contributed by atoms with Crippen LogP contribution >= 0.6 is 38.5 Å². The summed E-state index contributed by atoms with van der Waals surface area (Å²) >= 11 is 4.84. The molecule has 0 aliphatic heterocycles. The van der Waals surface area contributed by atoms with Crippen LogP contribution in [-0.2, 0) is 11.2 Å². The molecule has 15 heavy (non-hydrogen) atoms. The number of aliphatic carboxylic acids is 1. The van der Waals surface area contributed by atoms with Crippen molar-refractivity contribution >= 4 is 44.5 Å². The molecule has 0 unspecified atom stereocenters. The number of carboxylic acids is 1. The number of alkyl halides is 2. The van der Waals surface area contributed by atoms with Gasteiger partial charge in [0.05, 0.1) is 17.7 Å². The third-order valence-electron chi connectivity index (χ3n) is 1.63. The normalized spacial score (nSPS) is 10.7. The second kappa shape index (κ2) is 5.15. The predicted octanol–water partition coefficient (Wildman–Crippen LogP) is 3.01. The monoisotopic (exact) mass is 391 g/mol. The van der Waals surface area contributed by atoms with Gasteiger partial charge in [-0.05, 0) is 38.5 Å². The summed E-state index contributed by atoms with van der Waals surface area (Å²) in [6.45, 7) is 0. The number of carbonyl (C=O) groups is 1. The first-order valence-corrected chi connectivity index (χ1v) is 5.63. The number of nitrogens with zero attached hydrogens (tertiary/aromatic N) is 1. The van der Waals surface area contributed by atoms with Crippen molar-refractivity contribution in [2.24, 2.45) is 0 Å². The average Bonchev–Trinajstić information content (AvgIpc) is 2.10. The van der Waals surface area contributed by atoms with Crippen molar-refractivity contribution in [1.82, 2.24) is 4.98 Å². The minimum atomic E-state index is -2.74. The van der Waals surface area contributed by atoms with Crippen LogP contribution in [0.25, 0.3) is 0 Å². The summed E-state index contributed by atoms with van der Waals surface area (Å²) in [5, 5.41) is 8.53. The number of pyridine rings is 1. The third kappa shape index (κ3) is 3.07.